The fourth-order valence-electron chi connectivity index (χ4n) is 1.94. The zero-order chi connectivity index (χ0) is 16.0. The molecule has 0 unspecified atom stereocenters. The molecule has 1 rings (SSSR count). The standard InChI is InChI=1S/C17H29N3OS.HI/c1-4-18-17(19-11-7-8-14-22-3)20-12-13-21-16-10-6-5-9-15(16)2;/h5-6,9-10H,4,7-8,11-14H2,1-3H3,(H2,18,19,20);1H. The predicted molar refractivity (Wildman–Crippen MR) is 114 cm³/mol. The minimum Gasteiger partial charge on any atom is -0.491 e. The van der Waals surface area contributed by atoms with E-state index in [-0.39, 0.29) is 24.0 Å². The summed E-state index contributed by atoms with van der Waals surface area (Å²) in [5, 5.41) is 6.57. The molecular formula is C17H30IN3OS. The molecule has 0 bridgehead atoms. The fraction of sp³-hybridized carbons (Fsp3) is 0.588. The molecule has 0 fully saturated rings. The van der Waals surface area contributed by atoms with Crippen molar-refractivity contribution in [1.29, 1.82) is 0 Å². The van der Waals surface area contributed by atoms with Crippen molar-refractivity contribution in [2.24, 2.45) is 4.99 Å². The number of hydrogen-bond donors (Lipinski definition) is 2. The van der Waals surface area contributed by atoms with Crippen LogP contribution in [0.1, 0.15) is 25.3 Å². The van der Waals surface area contributed by atoms with Gasteiger partial charge in [-0.2, -0.15) is 11.8 Å². The monoisotopic (exact) mass is 451 g/mol. The Kier molecular flexibility index (Phi) is 14.5. The van der Waals surface area contributed by atoms with Crippen LogP contribution in [0.15, 0.2) is 29.3 Å². The van der Waals surface area contributed by atoms with Crippen molar-refractivity contribution >= 4 is 41.7 Å². The first-order valence-corrected chi connectivity index (χ1v) is 9.36. The van der Waals surface area contributed by atoms with E-state index < -0.39 is 0 Å². The molecule has 1 aromatic rings. The molecule has 0 aliphatic heterocycles. The van der Waals surface area contributed by atoms with Gasteiger partial charge in [-0.05, 0) is 50.3 Å². The van der Waals surface area contributed by atoms with E-state index in [1.807, 2.05) is 30.0 Å². The molecule has 23 heavy (non-hydrogen) atoms. The molecule has 0 radical (unpaired) electrons. The largest absolute Gasteiger partial charge is 0.491 e. The summed E-state index contributed by atoms with van der Waals surface area (Å²) in [6.45, 7) is 7.24. The van der Waals surface area contributed by atoms with E-state index in [0.29, 0.717) is 6.61 Å². The van der Waals surface area contributed by atoms with Crippen LogP contribution in [-0.2, 0) is 0 Å². The number of aliphatic imine (C=N–C) groups is 1. The van der Waals surface area contributed by atoms with Gasteiger partial charge in [0.1, 0.15) is 12.4 Å². The second kappa shape index (κ2) is 14.9. The van der Waals surface area contributed by atoms with Crippen LogP contribution in [0.5, 0.6) is 5.75 Å². The van der Waals surface area contributed by atoms with E-state index in [1.54, 1.807) is 0 Å². The minimum atomic E-state index is 0. The van der Waals surface area contributed by atoms with Crippen LogP contribution in [0.25, 0.3) is 0 Å². The molecule has 0 saturated heterocycles. The Morgan fingerprint density at radius 2 is 2.00 bits per heavy atom. The lowest BCUT2D eigenvalue weighted by atomic mass is 10.2. The number of rotatable bonds is 10. The second-order valence-corrected chi connectivity index (χ2v) is 5.99. The first-order chi connectivity index (χ1) is 10.8. The van der Waals surface area contributed by atoms with Gasteiger partial charge >= 0.3 is 0 Å². The minimum absolute atomic E-state index is 0. The maximum absolute atomic E-state index is 5.77. The summed E-state index contributed by atoms with van der Waals surface area (Å²) in [7, 11) is 0. The number of nitrogens with one attached hydrogen (secondary N) is 2. The quantitative estimate of drug-likeness (QED) is 0.247. The van der Waals surface area contributed by atoms with Gasteiger partial charge in [-0.3, -0.25) is 4.99 Å². The van der Waals surface area contributed by atoms with E-state index in [9.17, 15) is 0 Å². The van der Waals surface area contributed by atoms with Crippen molar-refractivity contribution in [3.8, 4) is 5.75 Å². The van der Waals surface area contributed by atoms with E-state index >= 15 is 0 Å². The molecule has 0 aliphatic carbocycles. The van der Waals surface area contributed by atoms with Crippen LogP contribution < -0.4 is 15.4 Å². The number of aryl methyl sites for hydroxylation is 1. The normalized spacial score (nSPS) is 10.8. The highest BCUT2D eigenvalue weighted by Crippen LogP contribution is 2.15. The zero-order valence-electron chi connectivity index (χ0n) is 14.4. The third-order valence-electron chi connectivity index (χ3n) is 3.12. The molecule has 4 nitrogen and oxygen atoms in total. The molecule has 0 spiro atoms. The van der Waals surface area contributed by atoms with Crippen LogP contribution in [0, 0.1) is 6.92 Å². The number of unbranched alkanes of at least 4 members (excludes halogenated alkanes) is 1. The average molecular weight is 451 g/mol. The smallest absolute Gasteiger partial charge is 0.191 e. The molecule has 132 valence electrons. The van der Waals surface area contributed by atoms with Crippen LogP contribution in [0.3, 0.4) is 0 Å². The predicted octanol–water partition coefficient (Wildman–Crippen LogP) is 3.69. The Bertz CT molecular complexity index is 444. The van der Waals surface area contributed by atoms with Crippen molar-refractivity contribution in [2.45, 2.75) is 26.7 Å². The van der Waals surface area contributed by atoms with Gasteiger partial charge in [0.15, 0.2) is 5.96 Å². The Balaban J connectivity index is 0.00000484. The van der Waals surface area contributed by atoms with Gasteiger partial charge < -0.3 is 15.4 Å². The highest BCUT2D eigenvalue weighted by molar-refractivity contribution is 14.0. The molecule has 0 saturated carbocycles. The van der Waals surface area contributed by atoms with Crippen LogP contribution in [0.2, 0.25) is 0 Å². The average Bonchev–Trinajstić information content (AvgIpc) is 2.52. The van der Waals surface area contributed by atoms with E-state index in [2.05, 4.69) is 41.8 Å². The summed E-state index contributed by atoms with van der Waals surface area (Å²) in [5.74, 6) is 3.03. The topological polar surface area (TPSA) is 45.7 Å². The van der Waals surface area contributed by atoms with Crippen LogP contribution in [0.4, 0.5) is 0 Å². The van der Waals surface area contributed by atoms with Crippen molar-refractivity contribution < 1.29 is 4.74 Å². The highest BCUT2D eigenvalue weighted by atomic mass is 127. The summed E-state index contributed by atoms with van der Waals surface area (Å²) in [6.07, 6.45) is 4.50. The van der Waals surface area contributed by atoms with Crippen LogP contribution >= 0.6 is 35.7 Å². The van der Waals surface area contributed by atoms with Crippen molar-refractivity contribution in [2.75, 3.05) is 38.2 Å². The molecular weight excluding hydrogens is 421 g/mol. The summed E-state index contributed by atoms with van der Waals surface area (Å²) in [6, 6.07) is 8.08. The molecule has 0 amide bonds. The Morgan fingerprint density at radius 3 is 2.70 bits per heavy atom. The third-order valence-corrected chi connectivity index (χ3v) is 3.81. The van der Waals surface area contributed by atoms with Crippen molar-refractivity contribution in [1.82, 2.24) is 10.6 Å². The number of thioether (sulfide) groups is 1. The number of nitrogens with zero attached hydrogens (tertiary/aromatic N) is 1. The lowest BCUT2D eigenvalue weighted by Gasteiger charge is -2.13. The van der Waals surface area contributed by atoms with Gasteiger partial charge in [-0.15, -0.1) is 24.0 Å². The molecule has 1 aromatic carbocycles. The van der Waals surface area contributed by atoms with Gasteiger partial charge in [0, 0.05) is 13.1 Å². The first-order valence-electron chi connectivity index (χ1n) is 7.97. The fourth-order valence-corrected chi connectivity index (χ4v) is 2.43. The van der Waals surface area contributed by atoms with Gasteiger partial charge in [0.05, 0.1) is 6.54 Å². The Labute approximate surface area is 162 Å². The SMILES string of the molecule is CCNC(=NCCCCSC)NCCOc1ccccc1C.I. The van der Waals surface area contributed by atoms with E-state index in [0.717, 1.165) is 43.3 Å². The molecule has 0 aromatic heterocycles. The first kappa shape index (κ1) is 22.4. The number of para-hydroxylation sites is 1. The number of guanidine groups is 1. The van der Waals surface area contributed by atoms with E-state index in [1.165, 1.54) is 12.2 Å². The Hall–Kier alpha value is -0.630. The molecule has 0 atom stereocenters. The summed E-state index contributed by atoms with van der Waals surface area (Å²) < 4.78 is 5.77. The molecule has 0 aliphatic rings. The number of hydrogen-bond acceptors (Lipinski definition) is 3. The summed E-state index contributed by atoms with van der Waals surface area (Å²) in [4.78, 5) is 4.58. The maximum atomic E-state index is 5.77. The zero-order valence-corrected chi connectivity index (χ0v) is 17.6. The van der Waals surface area contributed by atoms with E-state index in [4.69, 9.17) is 4.74 Å². The number of halogens is 1. The lowest BCUT2D eigenvalue weighted by Crippen LogP contribution is -2.39. The van der Waals surface area contributed by atoms with Crippen LogP contribution in [-0.4, -0.2) is 44.2 Å². The molecule has 0 heterocycles. The maximum Gasteiger partial charge on any atom is 0.191 e. The van der Waals surface area contributed by atoms with Crippen molar-refractivity contribution in [3.05, 3.63) is 29.8 Å². The van der Waals surface area contributed by atoms with Gasteiger partial charge in [-0.25, -0.2) is 0 Å². The third kappa shape index (κ3) is 10.7. The summed E-state index contributed by atoms with van der Waals surface area (Å²) >= 11 is 1.89. The lowest BCUT2D eigenvalue weighted by molar-refractivity contribution is 0.320. The molecule has 2 N–H and O–H groups in total. The Morgan fingerprint density at radius 1 is 1.22 bits per heavy atom. The summed E-state index contributed by atoms with van der Waals surface area (Å²) in [5.41, 5.74) is 1.16. The van der Waals surface area contributed by atoms with Crippen molar-refractivity contribution in [3.63, 3.8) is 0 Å². The highest BCUT2D eigenvalue weighted by Gasteiger charge is 1.99. The van der Waals surface area contributed by atoms with Gasteiger partial charge in [-0.1, -0.05) is 18.2 Å². The second-order valence-electron chi connectivity index (χ2n) is 5.00. The number of ether oxygens (including phenoxy) is 1. The molecule has 6 heteroatoms. The van der Waals surface area contributed by atoms with Gasteiger partial charge in [0.25, 0.3) is 0 Å². The number of benzene rings is 1. The van der Waals surface area contributed by atoms with Gasteiger partial charge in [0.2, 0.25) is 0 Å².